The average Bonchev–Trinajstić information content (AvgIpc) is 2.07. The topological polar surface area (TPSA) is 66.2 Å². The van der Waals surface area contributed by atoms with Crippen molar-refractivity contribution in [2.24, 2.45) is 0 Å². The number of carboxylic acids is 1. The Kier molecular flexibility index (Phi) is 2.92. The van der Waals surface area contributed by atoms with Crippen LogP contribution >= 0.6 is 31.9 Å². The second-order valence-electron chi connectivity index (χ2n) is 2.24. The molecule has 0 heterocycles. The van der Waals surface area contributed by atoms with Crippen molar-refractivity contribution in [2.45, 2.75) is 0 Å². The number of nitrogens with two attached hydrogens (primary N) is 1. The number of hydrogen-bond donors (Lipinski definition) is 1. The van der Waals surface area contributed by atoms with Crippen molar-refractivity contribution in [1.82, 2.24) is 0 Å². The predicted molar refractivity (Wildman–Crippen MR) is 50.5 cm³/mol. The summed E-state index contributed by atoms with van der Waals surface area (Å²) in [5.74, 6) is -2.08. The van der Waals surface area contributed by atoms with Crippen molar-refractivity contribution < 1.29 is 14.3 Å². The van der Waals surface area contributed by atoms with Gasteiger partial charge in [0.25, 0.3) is 0 Å². The molecule has 0 radical (unpaired) electrons. The second-order valence-corrected chi connectivity index (χ2v) is 3.88. The predicted octanol–water partition coefficient (Wildman–Crippen LogP) is 1.30. The molecule has 1 rings (SSSR count). The van der Waals surface area contributed by atoms with Gasteiger partial charge in [0.2, 0.25) is 0 Å². The molecule has 6 heteroatoms. The Morgan fingerprint density at radius 1 is 1.54 bits per heavy atom. The molecular formula is C7H3Br2FNO2-. The molecule has 0 aromatic heterocycles. The summed E-state index contributed by atoms with van der Waals surface area (Å²) in [7, 11) is 0. The lowest BCUT2D eigenvalue weighted by Gasteiger charge is -2.10. The van der Waals surface area contributed by atoms with Gasteiger partial charge in [-0.1, -0.05) is 0 Å². The van der Waals surface area contributed by atoms with Crippen LogP contribution in [0.25, 0.3) is 0 Å². The Labute approximate surface area is 90.0 Å². The molecule has 3 nitrogen and oxygen atoms in total. The first-order chi connectivity index (χ1) is 5.95. The number of carboxylic acid groups (broad SMARTS) is 1. The van der Waals surface area contributed by atoms with E-state index in [4.69, 9.17) is 5.73 Å². The van der Waals surface area contributed by atoms with Gasteiger partial charge in [0.05, 0.1) is 20.6 Å². The van der Waals surface area contributed by atoms with Crippen LogP contribution in [0.2, 0.25) is 0 Å². The number of rotatable bonds is 1. The minimum atomic E-state index is -1.45. The van der Waals surface area contributed by atoms with Crippen molar-refractivity contribution in [3.63, 3.8) is 0 Å². The zero-order valence-corrected chi connectivity index (χ0v) is 9.28. The van der Waals surface area contributed by atoms with Crippen LogP contribution in [0.1, 0.15) is 10.4 Å². The quantitative estimate of drug-likeness (QED) is 0.628. The molecule has 0 atom stereocenters. The third kappa shape index (κ3) is 1.83. The highest BCUT2D eigenvalue weighted by molar-refractivity contribution is 9.11. The number of carbonyl (C=O) groups is 1. The van der Waals surface area contributed by atoms with Crippen LogP contribution in [-0.4, -0.2) is 5.97 Å². The number of halogens is 3. The summed E-state index contributed by atoms with van der Waals surface area (Å²) < 4.78 is 13.0. The van der Waals surface area contributed by atoms with E-state index >= 15 is 0 Å². The largest absolute Gasteiger partial charge is 0.545 e. The van der Waals surface area contributed by atoms with E-state index in [2.05, 4.69) is 31.9 Å². The minimum Gasteiger partial charge on any atom is -0.545 e. The van der Waals surface area contributed by atoms with E-state index in [9.17, 15) is 14.3 Å². The van der Waals surface area contributed by atoms with E-state index in [1.54, 1.807) is 0 Å². The van der Waals surface area contributed by atoms with Crippen molar-refractivity contribution in [1.29, 1.82) is 0 Å². The molecule has 0 unspecified atom stereocenters. The number of hydrogen-bond acceptors (Lipinski definition) is 3. The van der Waals surface area contributed by atoms with Crippen LogP contribution in [0.3, 0.4) is 0 Å². The fourth-order valence-corrected chi connectivity index (χ4v) is 1.90. The Morgan fingerprint density at radius 2 is 2.08 bits per heavy atom. The molecule has 70 valence electrons. The number of nitrogen functional groups attached to an aromatic ring is 1. The van der Waals surface area contributed by atoms with Gasteiger partial charge in [0, 0.05) is 5.56 Å². The molecule has 13 heavy (non-hydrogen) atoms. The number of aromatic carboxylic acids is 1. The van der Waals surface area contributed by atoms with Gasteiger partial charge in [0.1, 0.15) is 0 Å². The van der Waals surface area contributed by atoms with Gasteiger partial charge >= 0.3 is 0 Å². The zero-order valence-electron chi connectivity index (χ0n) is 6.11. The van der Waals surface area contributed by atoms with Gasteiger partial charge in [0.15, 0.2) is 5.82 Å². The van der Waals surface area contributed by atoms with Crippen LogP contribution in [0.15, 0.2) is 15.0 Å². The summed E-state index contributed by atoms with van der Waals surface area (Å²) in [6, 6.07) is 1.06. The molecule has 1 aromatic carbocycles. The molecule has 2 N–H and O–H groups in total. The lowest BCUT2D eigenvalue weighted by atomic mass is 10.2. The third-order valence-corrected chi connectivity index (χ3v) is 2.77. The summed E-state index contributed by atoms with van der Waals surface area (Å²) in [5, 5.41) is 10.5. The lowest BCUT2D eigenvalue weighted by Crippen LogP contribution is -2.24. The molecular weight excluding hydrogens is 309 g/mol. The molecule has 0 bridgehead atoms. The van der Waals surface area contributed by atoms with Crippen LogP contribution in [-0.2, 0) is 0 Å². The lowest BCUT2D eigenvalue weighted by molar-refractivity contribution is -0.254. The maximum absolute atomic E-state index is 13.0. The molecule has 0 amide bonds. The van der Waals surface area contributed by atoms with Gasteiger partial charge in [-0.25, -0.2) is 4.39 Å². The summed E-state index contributed by atoms with van der Waals surface area (Å²) in [6.45, 7) is 0. The number of anilines is 1. The molecule has 0 spiro atoms. The third-order valence-electron chi connectivity index (χ3n) is 1.42. The normalized spacial score (nSPS) is 10.1. The molecule has 0 aliphatic carbocycles. The van der Waals surface area contributed by atoms with E-state index < -0.39 is 11.8 Å². The van der Waals surface area contributed by atoms with Gasteiger partial charge in [-0.3, -0.25) is 0 Å². The van der Waals surface area contributed by atoms with Crippen LogP contribution in [0.4, 0.5) is 10.1 Å². The molecule has 0 fully saturated rings. The maximum Gasteiger partial charge on any atom is 0.153 e. The van der Waals surface area contributed by atoms with Gasteiger partial charge < -0.3 is 15.6 Å². The molecule has 0 saturated carbocycles. The van der Waals surface area contributed by atoms with E-state index in [1.807, 2.05) is 0 Å². The fourth-order valence-electron chi connectivity index (χ4n) is 0.778. The first-order valence-corrected chi connectivity index (χ1v) is 4.68. The van der Waals surface area contributed by atoms with Crippen molar-refractivity contribution >= 4 is 43.5 Å². The van der Waals surface area contributed by atoms with Crippen LogP contribution in [0, 0.1) is 5.82 Å². The van der Waals surface area contributed by atoms with E-state index in [1.165, 1.54) is 0 Å². The maximum atomic E-state index is 13.0. The van der Waals surface area contributed by atoms with Crippen molar-refractivity contribution in [3.8, 4) is 0 Å². The second kappa shape index (κ2) is 3.63. The van der Waals surface area contributed by atoms with E-state index in [-0.39, 0.29) is 20.2 Å². The van der Waals surface area contributed by atoms with Crippen molar-refractivity contribution in [3.05, 3.63) is 26.4 Å². The van der Waals surface area contributed by atoms with E-state index in [0.717, 1.165) is 6.07 Å². The highest BCUT2D eigenvalue weighted by Gasteiger charge is 2.13. The molecule has 0 aliphatic rings. The first kappa shape index (κ1) is 10.5. The van der Waals surface area contributed by atoms with Gasteiger partial charge in [-0.15, -0.1) is 0 Å². The highest BCUT2D eigenvalue weighted by atomic mass is 79.9. The standard InChI is InChI=1S/C7H4Br2FNO2/c8-3-1-2(7(12)13)6(11)4(9)5(3)10/h1H,11H2,(H,12,13)/p-1. The minimum absolute atomic E-state index is 0.0211. The Balaban J connectivity index is 3.50. The molecule has 0 aliphatic heterocycles. The highest BCUT2D eigenvalue weighted by Crippen LogP contribution is 2.31. The van der Waals surface area contributed by atoms with Crippen molar-refractivity contribution in [2.75, 3.05) is 5.73 Å². The van der Waals surface area contributed by atoms with E-state index in [0.29, 0.717) is 0 Å². The van der Waals surface area contributed by atoms with Crippen LogP contribution in [0.5, 0.6) is 0 Å². The summed E-state index contributed by atoms with van der Waals surface area (Å²) in [4.78, 5) is 10.5. The Bertz CT molecular complexity index is 381. The Morgan fingerprint density at radius 3 is 2.54 bits per heavy atom. The van der Waals surface area contributed by atoms with Crippen LogP contribution < -0.4 is 10.8 Å². The smallest absolute Gasteiger partial charge is 0.153 e. The summed E-state index contributed by atoms with van der Waals surface area (Å²) >= 11 is 5.68. The average molecular weight is 312 g/mol. The molecule has 1 aromatic rings. The summed E-state index contributed by atoms with van der Waals surface area (Å²) in [6.07, 6.45) is 0. The molecule has 0 saturated heterocycles. The zero-order chi connectivity index (χ0) is 10.2. The fraction of sp³-hybridized carbons (Fsp3) is 0. The number of carbonyl (C=O) groups excluding carboxylic acids is 1. The number of benzene rings is 1. The first-order valence-electron chi connectivity index (χ1n) is 3.09. The monoisotopic (exact) mass is 310 g/mol. The van der Waals surface area contributed by atoms with Gasteiger partial charge in [-0.2, -0.15) is 0 Å². The Hall–Kier alpha value is -0.620. The van der Waals surface area contributed by atoms with Gasteiger partial charge in [-0.05, 0) is 37.9 Å². The SMILES string of the molecule is Nc1c(C(=O)[O-])cc(Br)c(F)c1Br. The summed E-state index contributed by atoms with van der Waals surface area (Å²) in [5.41, 5.74) is 4.89.